The zero-order chi connectivity index (χ0) is 18.7. The number of nitrogens with one attached hydrogen (secondary N) is 1. The number of nitrogens with zero attached hydrogens (tertiary/aromatic N) is 1. The van der Waals surface area contributed by atoms with Crippen molar-refractivity contribution in [3.63, 3.8) is 0 Å². The van der Waals surface area contributed by atoms with Crippen LogP contribution in [0.3, 0.4) is 0 Å². The summed E-state index contributed by atoms with van der Waals surface area (Å²) in [5.74, 6) is 3.01. The molecule has 5 rings (SSSR count). The van der Waals surface area contributed by atoms with Crippen molar-refractivity contribution in [2.75, 3.05) is 12.4 Å². The monoisotopic (exact) mass is 428 g/mol. The molecule has 6 heteroatoms. The van der Waals surface area contributed by atoms with Crippen LogP contribution in [0.25, 0.3) is 0 Å². The minimum Gasteiger partial charge on any atom is -0.496 e. The summed E-state index contributed by atoms with van der Waals surface area (Å²) in [5.41, 5.74) is 3.52. The van der Waals surface area contributed by atoms with E-state index in [0.717, 1.165) is 21.5 Å². The van der Waals surface area contributed by atoms with Gasteiger partial charge in [0.25, 0.3) is 5.69 Å². The van der Waals surface area contributed by atoms with Crippen molar-refractivity contribution < 1.29 is 9.66 Å². The number of non-ortho nitro benzene ring substituents is 1. The molecular weight excluding hydrogens is 408 g/mol. The predicted molar refractivity (Wildman–Crippen MR) is 107 cm³/mol. The average Bonchev–Trinajstić information content (AvgIpc) is 3.29. The smallest absolute Gasteiger partial charge is 0.269 e. The topological polar surface area (TPSA) is 64.4 Å². The van der Waals surface area contributed by atoms with Gasteiger partial charge in [-0.1, -0.05) is 15.9 Å². The second kappa shape index (κ2) is 6.23. The van der Waals surface area contributed by atoms with Crippen LogP contribution in [0.5, 0.6) is 5.75 Å². The second-order valence-electron chi connectivity index (χ2n) is 7.97. The maximum atomic E-state index is 11.3. The van der Waals surface area contributed by atoms with Gasteiger partial charge >= 0.3 is 0 Å². The normalized spacial score (nSPS) is 30.4. The van der Waals surface area contributed by atoms with Crippen molar-refractivity contribution >= 4 is 27.3 Å². The van der Waals surface area contributed by atoms with Crippen LogP contribution in [0.2, 0.25) is 0 Å². The molecule has 27 heavy (non-hydrogen) atoms. The van der Waals surface area contributed by atoms with Crippen LogP contribution in [-0.2, 0) is 0 Å². The molecule has 140 valence electrons. The number of nitro benzene ring substituents is 1. The molecule has 2 saturated carbocycles. The third-order valence-electron chi connectivity index (χ3n) is 6.81. The molecule has 0 aromatic heterocycles. The molecule has 3 aliphatic rings. The lowest BCUT2D eigenvalue weighted by molar-refractivity contribution is -0.384. The van der Waals surface area contributed by atoms with Crippen LogP contribution in [0.1, 0.15) is 42.3 Å². The molecule has 5 nitrogen and oxygen atoms in total. The molecule has 2 aromatic rings. The number of benzene rings is 2. The summed E-state index contributed by atoms with van der Waals surface area (Å²) in [5, 5.41) is 15.0. The van der Waals surface area contributed by atoms with E-state index in [0.29, 0.717) is 23.7 Å². The van der Waals surface area contributed by atoms with Gasteiger partial charge in [0, 0.05) is 27.9 Å². The third-order valence-corrected chi connectivity index (χ3v) is 7.30. The summed E-state index contributed by atoms with van der Waals surface area (Å²) >= 11 is 3.60. The molecule has 0 saturated heterocycles. The van der Waals surface area contributed by atoms with E-state index < -0.39 is 0 Å². The van der Waals surface area contributed by atoms with Gasteiger partial charge in [-0.2, -0.15) is 0 Å². The van der Waals surface area contributed by atoms with E-state index in [1.807, 2.05) is 18.2 Å². The third kappa shape index (κ3) is 2.57. The van der Waals surface area contributed by atoms with Crippen LogP contribution in [0.15, 0.2) is 40.9 Å². The van der Waals surface area contributed by atoms with Gasteiger partial charge in [-0.15, -0.1) is 0 Å². The fourth-order valence-corrected chi connectivity index (χ4v) is 6.22. The van der Waals surface area contributed by atoms with Crippen molar-refractivity contribution in [1.29, 1.82) is 0 Å². The van der Waals surface area contributed by atoms with E-state index in [4.69, 9.17) is 4.74 Å². The van der Waals surface area contributed by atoms with E-state index in [-0.39, 0.29) is 16.7 Å². The molecule has 1 N–H and O–H groups in total. The Morgan fingerprint density at radius 3 is 2.74 bits per heavy atom. The molecule has 1 heterocycles. The molecule has 2 fully saturated rings. The Hall–Kier alpha value is -2.08. The number of rotatable bonds is 3. The van der Waals surface area contributed by atoms with Crippen LogP contribution in [0.4, 0.5) is 11.4 Å². The van der Waals surface area contributed by atoms with Gasteiger partial charge in [0.05, 0.1) is 18.1 Å². The highest BCUT2D eigenvalue weighted by Crippen LogP contribution is 2.64. The van der Waals surface area contributed by atoms with Crippen LogP contribution < -0.4 is 10.1 Å². The number of fused-ring (bicyclic) bond motifs is 7. The number of halogens is 1. The standard InChI is InChI=1S/C21H21BrN2O3/c1-27-18-7-4-13(22)9-16(18)21-20-12-3-2-11(8-12)19(20)15-10-14(24(25)26)5-6-17(15)23-21/h4-7,9-12,19-21,23H,2-3,8H2,1H3/t11-,12-,19-,20-,21-/m0/s1. The largest absolute Gasteiger partial charge is 0.496 e. The molecule has 0 radical (unpaired) electrons. The Balaban J connectivity index is 1.65. The van der Waals surface area contributed by atoms with Gasteiger partial charge in [0.15, 0.2) is 0 Å². The first-order valence-electron chi connectivity index (χ1n) is 9.45. The fourth-order valence-electron chi connectivity index (χ4n) is 5.84. The van der Waals surface area contributed by atoms with Crippen LogP contribution >= 0.6 is 15.9 Å². The lowest BCUT2D eigenvalue weighted by Gasteiger charge is -2.43. The first kappa shape index (κ1) is 17.0. The van der Waals surface area contributed by atoms with E-state index >= 15 is 0 Å². The Labute approximate surface area is 166 Å². The molecule has 2 aromatic carbocycles. The van der Waals surface area contributed by atoms with Gasteiger partial charge in [0.2, 0.25) is 0 Å². The Kier molecular flexibility index (Phi) is 3.93. The summed E-state index contributed by atoms with van der Waals surface area (Å²) in [7, 11) is 1.71. The second-order valence-corrected chi connectivity index (χ2v) is 8.89. The summed E-state index contributed by atoms with van der Waals surface area (Å²) in [6.45, 7) is 0. The van der Waals surface area contributed by atoms with Crippen molar-refractivity contribution in [1.82, 2.24) is 0 Å². The number of nitro groups is 1. The maximum absolute atomic E-state index is 11.3. The highest BCUT2D eigenvalue weighted by molar-refractivity contribution is 9.10. The van der Waals surface area contributed by atoms with Gasteiger partial charge < -0.3 is 10.1 Å². The predicted octanol–water partition coefficient (Wildman–Crippen LogP) is 5.66. The molecule has 0 spiro atoms. The molecule has 2 bridgehead atoms. The van der Waals surface area contributed by atoms with Crippen molar-refractivity contribution in [3.8, 4) is 5.75 Å². The molecule has 5 atom stereocenters. The molecule has 1 aliphatic heterocycles. The summed E-state index contributed by atoms with van der Waals surface area (Å²) in [4.78, 5) is 11.0. The zero-order valence-electron chi connectivity index (χ0n) is 15.0. The van der Waals surface area contributed by atoms with E-state index in [1.54, 1.807) is 19.2 Å². The van der Waals surface area contributed by atoms with E-state index in [1.165, 1.54) is 24.8 Å². The first-order chi connectivity index (χ1) is 13.1. The van der Waals surface area contributed by atoms with Gasteiger partial charge in [-0.05, 0) is 72.8 Å². The lowest BCUT2D eigenvalue weighted by atomic mass is 9.68. The van der Waals surface area contributed by atoms with E-state index in [9.17, 15) is 10.1 Å². The number of hydrogen-bond donors (Lipinski definition) is 1. The SMILES string of the molecule is COc1ccc(Br)cc1[C@@H]1Nc2ccc([N+](=O)[O-])cc2[C@@H]2[C@H]3CC[C@@H](C3)[C@@H]21. The highest BCUT2D eigenvalue weighted by atomic mass is 79.9. The Bertz CT molecular complexity index is 932. The van der Waals surface area contributed by atoms with Crippen molar-refractivity contribution in [2.45, 2.75) is 31.2 Å². The zero-order valence-corrected chi connectivity index (χ0v) is 16.6. The first-order valence-corrected chi connectivity index (χ1v) is 10.2. The summed E-state index contributed by atoms with van der Waals surface area (Å²) < 4.78 is 6.71. The van der Waals surface area contributed by atoms with Crippen LogP contribution in [-0.4, -0.2) is 12.0 Å². The summed E-state index contributed by atoms with van der Waals surface area (Å²) in [6, 6.07) is 11.6. The Morgan fingerprint density at radius 2 is 1.96 bits per heavy atom. The van der Waals surface area contributed by atoms with Crippen LogP contribution in [0, 0.1) is 27.9 Å². The van der Waals surface area contributed by atoms with Crippen molar-refractivity contribution in [2.24, 2.45) is 17.8 Å². The maximum Gasteiger partial charge on any atom is 0.269 e. The number of methoxy groups -OCH3 is 1. The quantitative estimate of drug-likeness (QED) is 0.505. The lowest BCUT2D eigenvalue weighted by Crippen LogP contribution is -2.35. The molecule has 2 aliphatic carbocycles. The molecular formula is C21H21BrN2O3. The van der Waals surface area contributed by atoms with Gasteiger partial charge in [-0.25, -0.2) is 0 Å². The van der Waals surface area contributed by atoms with E-state index in [2.05, 4.69) is 27.3 Å². The average molecular weight is 429 g/mol. The van der Waals surface area contributed by atoms with Gasteiger partial charge in [0.1, 0.15) is 5.75 Å². The number of ether oxygens (including phenoxy) is 1. The summed E-state index contributed by atoms with van der Waals surface area (Å²) in [6.07, 6.45) is 3.72. The number of anilines is 1. The minimum atomic E-state index is -0.286. The Morgan fingerprint density at radius 1 is 1.15 bits per heavy atom. The number of hydrogen-bond acceptors (Lipinski definition) is 4. The minimum absolute atomic E-state index is 0.159. The molecule has 0 amide bonds. The fraction of sp³-hybridized carbons (Fsp3) is 0.429. The van der Waals surface area contributed by atoms with Gasteiger partial charge in [-0.3, -0.25) is 10.1 Å². The van der Waals surface area contributed by atoms with Crippen molar-refractivity contribution in [3.05, 3.63) is 62.1 Å². The molecule has 0 unspecified atom stereocenters. The highest BCUT2D eigenvalue weighted by Gasteiger charge is 2.54.